The van der Waals surface area contributed by atoms with Crippen LogP contribution in [0.3, 0.4) is 0 Å². The number of hydrogen-bond donors (Lipinski definition) is 1. The largest absolute Gasteiger partial charge is 0.478 e. The number of carboxylic acid groups (broad SMARTS) is 1. The average Bonchev–Trinajstić information content (AvgIpc) is 2.17. The number of alkyl halides is 1. The number of carbonyl (C=O) groups excluding carboxylic acids is 1. The number of hydrogen-bond acceptors (Lipinski definition) is 2. The molecule has 0 saturated heterocycles. The first-order valence-corrected chi connectivity index (χ1v) is 5.03. The standard InChI is InChI=1S/C11H11ClO3/c1-7-6-8(11(14)15)2-3-9(7)10(13)4-5-12/h2-3,6H,4-5H2,1H3,(H,14,15). The smallest absolute Gasteiger partial charge is 0.335 e. The molecule has 80 valence electrons. The number of halogens is 1. The average molecular weight is 227 g/mol. The van der Waals surface area contributed by atoms with Crippen LogP contribution in [-0.2, 0) is 0 Å². The summed E-state index contributed by atoms with van der Waals surface area (Å²) in [7, 11) is 0. The molecule has 1 N–H and O–H groups in total. The molecule has 0 aliphatic carbocycles. The molecule has 0 aromatic heterocycles. The van der Waals surface area contributed by atoms with Gasteiger partial charge in [-0.05, 0) is 24.6 Å². The number of Topliss-reactive ketones (excluding diaryl/α,β-unsaturated/α-hetero) is 1. The van der Waals surface area contributed by atoms with Crippen LogP contribution in [0, 0.1) is 6.92 Å². The Hall–Kier alpha value is -1.35. The van der Waals surface area contributed by atoms with E-state index in [0.29, 0.717) is 11.1 Å². The molecular formula is C11H11ClO3. The predicted octanol–water partition coefficient (Wildman–Crippen LogP) is 2.50. The van der Waals surface area contributed by atoms with Gasteiger partial charge in [-0.3, -0.25) is 4.79 Å². The van der Waals surface area contributed by atoms with Crippen LogP contribution >= 0.6 is 11.6 Å². The third-order valence-electron chi connectivity index (χ3n) is 2.10. The number of aromatic carboxylic acids is 1. The van der Waals surface area contributed by atoms with Gasteiger partial charge in [0.05, 0.1) is 5.56 Å². The summed E-state index contributed by atoms with van der Waals surface area (Å²) in [6, 6.07) is 4.45. The first-order chi connectivity index (χ1) is 7.06. The lowest BCUT2D eigenvalue weighted by molar-refractivity contribution is 0.0696. The maximum Gasteiger partial charge on any atom is 0.335 e. The van der Waals surface area contributed by atoms with Crippen molar-refractivity contribution in [1.29, 1.82) is 0 Å². The van der Waals surface area contributed by atoms with Crippen molar-refractivity contribution in [3.05, 3.63) is 34.9 Å². The molecule has 1 rings (SSSR count). The van der Waals surface area contributed by atoms with Crippen molar-refractivity contribution in [1.82, 2.24) is 0 Å². The molecule has 0 bridgehead atoms. The first-order valence-electron chi connectivity index (χ1n) is 4.49. The van der Waals surface area contributed by atoms with Gasteiger partial charge in [0.2, 0.25) is 0 Å². The van der Waals surface area contributed by atoms with Crippen LogP contribution < -0.4 is 0 Å². The van der Waals surface area contributed by atoms with E-state index >= 15 is 0 Å². The zero-order valence-electron chi connectivity index (χ0n) is 8.29. The van der Waals surface area contributed by atoms with Crippen LogP contribution in [0.25, 0.3) is 0 Å². The van der Waals surface area contributed by atoms with Gasteiger partial charge in [0.1, 0.15) is 0 Å². The summed E-state index contributed by atoms with van der Waals surface area (Å²) in [6.45, 7) is 1.72. The zero-order valence-corrected chi connectivity index (χ0v) is 9.04. The van der Waals surface area contributed by atoms with Crippen molar-refractivity contribution < 1.29 is 14.7 Å². The fraction of sp³-hybridized carbons (Fsp3) is 0.273. The highest BCUT2D eigenvalue weighted by molar-refractivity contribution is 6.19. The second-order valence-electron chi connectivity index (χ2n) is 3.20. The number of rotatable bonds is 4. The van der Waals surface area contributed by atoms with Gasteiger partial charge >= 0.3 is 5.97 Å². The summed E-state index contributed by atoms with van der Waals surface area (Å²) in [6.07, 6.45) is 0.273. The molecule has 0 saturated carbocycles. The highest BCUT2D eigenvalue weighted by Gasteiger charge is 2.10. The molecule has 0 spiro atoms. The second kappa shape index (κ2) is 4.94. The quantitative estimate of drug-likeness (QED) is 0.634. The van der Waals surface area contributed by atoms with E-state index in [0.717, 1.165) is 0 Å². The molecule has 1 aromatic rings. The third kappa shape index (κ3) is 2.80. The molecule has 1 aromatic carbocycles. The van der Waals surface area contributed by atoms with Crippen molar-refractivity contribution in [2.24, 2.45) is 0 Å². The van der Waals surface area contributed by atoms with Crippen LogP contribution in [0.15, 0.2) is 18.2 Å². The van der Waals surface area contributed by atoms with Gasteiger partial charge < -0.3 is 5.11 Å². The normalized spacial score (nSPS) is 10.0. The Morgan fingerprint density at radius 2 is 2.07 bits per heavy atom. The second-order valence-corrected chi connectivity index (χ2v) is 3.57. The van der Waals surface area contributed by atoms with E-state index < -0.39 is 5.97 Å². The minimum Gasteiger partial charge on any atom is -0.478 e. The van der Waals surface area contributed by atoms with E-state index in [4.69, 9.17) is 16.7 Å². The number of carbonyl (C=O) groups is 2. The van der Waals surface area contributed by atoms with Crippen molar-refractivity contribution in [3.63, 3.8) is 0 Å². The number of aryl methyl sites for hydroxylation is 1. The van der Waals surface area contributed by atoms with Crippen molar-refractivity contribution >= 4 is 23.4 Å². The Bertz CT molecular complexity index is 399. The van der Waals surface area contributed by atoms with E-state index in [1.165, 1.54) is 18.2 Å². The molecule has 15 heavy (non-hydrogen) atoms. The summed E-state index contributed by atoms with van der Waals surface area (Å²) < 4.78 is 0. The van der Waals surface area contributed by atoms with Crippen molar-refractivity contribution in [3.8, 4) is 0 Å². The minimum absolute atomic E-state index is 0.0561. The van der Waals surface area contributed by atoms with Gasteiger partial charge in [-0.15, -0.1) is 11.6 Å². The highest BCUT2D eigenvalue weighted by atomic mass is 35.5. The maximum atomic E-state index is 11.5. The maximum absolute atomic E-state index is 11.5. The summed E-state index contributed by atoms with van der Waals surface area (Å²) in [4.78, 5) is 22.2. The number of carboxylic acids is 1. The highest BCUT2D eigenvalue weighted by Crippen LogP contribution is 2.13. The molecular weight excluding hydrogens is 216 g/mol. The Kier molecular flexibility index (Phi) is 3.86. The van der Waals surface area contributed by atoms with E-state index in [1.54, 1.807) is 6.92 Å². The molecule has 4 heteroatoms. The van der Waals surface area contributed by atoms with E-state index in [2.05, 4.69) is 0 Å². The fourth-order valence-electron chi connectivity index (χ4n) is 1.33. The van der Waals surface area contributed by atoms with Crippen LogP contribution in [0.1, 0.15) is 32.7 Å². The molecule has 0 aliphatic heterocycles. The van der Waals surface area contributed by atoms with E-state index in [-0.39, 0.29) is 23.6 Å². The van der Waals surface area contributed by atoms with Gasteiger partial charge in [-0.1, -0.05) is 6.07 Å². The fourth-order valence-corrected chi connectivity index (χ4v) is 1.50. The molecule has 0 aliphatic rings. The monoisotopic (exact) mass is 226 g/mol. The Balaban J connectivity index is 3.03. The van der Waals surface area contributed by atoms with Gasteiger partial charge in [0, 0.05) is 17.9 Å². The molecule has 0 amide bonds. The Morgan fingerprint density at radius 3 is 2.53 bits per heavy atom. The van der Waals surface area contributed by atoms with E-state index in [9.17, 15) is 9.59 Å². The molecule has 0 unspecified atom stereocenters. The third-order valence-corrected chi connectivity index (χ3v) is 2.28. The summed E-state index contributed by atoms with van der Waals surface area (Å²) in [5, 5.41) is 8.74. The number of ketones is 1. The molecule has 0 radical (unpaired) electrons. The summed E-state index contributed by atoms with van der Waals surface area (Å²) >= 11 is 5.47. The summed E-state index contributed by atoms with van der Waals surface area (Å²) in [5.41, 5.74) is 1.40. The van der Waals surface area contributed by atoms with Crippen LogP contribution in [0.5, 0.6) is 0 Å². The minimum atomic E-state index is -0.991. The Morgan fingerprint density at radius 1 is 1.40 bits per heavy atom. The first kappa shape index (κ1) is 11.7. The van der Waals surface area contributed by atoms with Gasteiger partial charge in [-0.2, -0.15) is 0 Å². The van der Waals surface area contributed by atoms with E-state index in [1.807, 2.05) is 0 Å². The molecule has 0 atom stereocenters. The lowest BCUT2D eigenvalue weighted by Gasteiger charge is -2.04. The SMILES string of the molecule is Cc1cc(C(=O)O)ccc1C(=O)CCCl. The zero-order chi connectivity index (χ0) is 11.4. The molecule has 0 fully saturated rings. The number of benzene rings is 1. The van der Waals surface area contributed by atoms with Gasteiger partial charge in [-0.25, -0.2) is 4.79 Å². The lowest BCUT2D eigenvalue weighted by Crippen LogP contribution is -2.04. The van der Waals surface area contributed by atoms with Gasteiger partial charge in [0.15, 0.2) is 5.78 Å². The lowest BCUT2D eigenvalue weighted by atomic mass is 10.0. The Labute approximate surface area is 92.7 Å². The molecule has 3 nitrogen and oxygen atoms in total. The van der Waals surface area contributed by atoms with Gasteiger partial charge in [0.25, 0.3) is 0 Å². The topological polar surface area (TPSA) is 54.4 Å². The van der Waals surface area contributed by atoms with Crippen LogP contribution in [0.4, 0.5) is 0 Å². The van der Waals surface area contributed by atoms with Crippen LogP contribution in [0.2, 0.25) is 0 Å². The van der Waals surface area contributed by atoms with Crippen molar-refractivity contribution in [2.45, 2.75) is 13.3 Å². The van der Waals surface area contributed by atoms with Crippen molar-refractivity contribution in [2.75, 3.05) is 5.88 Å². The predicted molar refractivity (Wildman–Crippen MR) is 57.8 cm³/mol. The van der Waals surface area contributed by atoms with Crippen LogP contribution in [-0.4, -0.2) is 22.7 Å². The summed E-state index contributed by atoms with van der Waals surface area (Å²) in [5.74, 6) is -0.771. The molecule has 0 heterocycles.